The minimum atomic E-state index is -3.77. The first kappa shape index (κ1) is 27.2. The number of carbonyl (C=O) groups excluding carboxylic acids is 1. The number of ether oxygens (including phenoxy) is 1. The monoisotopic (exact) mass is 549 g/mol. The molecular formula is C26H23N5O7S. The van der Waals surface area contributed by atoms with E-state index in [1.54, 1.807) is 24.3 Å². The van der Waals surface area contributed by atoms with Gasteiger partial charge in [-0.2, -0.15) is 0 Å². The van der Waals surface area contributed by atoms with E-state index in [0.717, 1.165) is 4.31 Å². The van der Waals surface area contributed by atoms with E-state index < -0.39 is 26.6 Å². The highest BCUT2D eigenvalue weighted by Gasteiger charge is 2.21. The molecule has 0 bridgehead atoms. The van der Waals surface area contributed by atoms with Crippen LogP contribution in [-0.2, 0) is 10.0 Å². The van der Waals surface area contributed by atoms with E-state index in [9.17, 15) is 28.4 Å². The standard InChI is InChI=1S/C26H23N5O7S/c1-30(2)39(36,37)19-11-12-23(38-3)22(15-19)28-29-24-20-10-5-4-7-16(20)13-21(25(24)32)26(33)27-17-8-6-9-18(14-17)31(34)35/h4-15,32H,1-3H3,(H,27,33)/b29-28+. The van der Waals surface area contributed by atoms with Crippen LogP contribution in [0.5, 0.6) is 11.5 Å². The van der Waals surface area contributed by atoms with Crippen molar-refractivity contribution in [3.05, 3.63) is 88.5 Å². The average molecular weight is 550 g/mol. The summed E-state index contributed by atoms with van der Waals surface area (Å²) >= 11 is 0. The number of anilines is 1. The second-order valence-electron chi connectivity index (χ2n) is 8.43. The van der Waals surface area contributed by atoms with Crippen LogP contribution >= 0.6 is 0 Å². The predicted molar refractivity (Wildman–Crippen MR) is 145 cm³/mol. The zero-order chi connectivity index (χ0) is 28.3. The summed E-state index contributed by atoms with van der Waals surface area (Å²) in [7, 11) is 0.410. The maximum atomic E-state index is 13.1. The number of hydrogen-bond donors (Lipinski definition) is 2. The first-order chi connectivity index (χ1) is 18.5. The Morgan fingerprint density at radius 3 is 2.46 bits per heavy atom. The largest absolute Gasteiger partial charge is 0.505 e. The fraction of sp³-hybridized carbons (Fsp3) is 0.115. The van der Waals surface area contributed by atoms with Crippen LogP contribution in [-0.4, -0.2) is 49.9 Å². The summed E-state index contributed by atoms with van der Waals surface area (Å²) in [5, 5.41) is 34.1. The lowest BCUT2D eigenvalue weighted by Gasteiger charge is -2.13. The number of phenolic OH excluding ortho intramolecular Hbond substituents is 1. The number of sulfonamides is 1. The van der Waals surface area contributed by atoms with Crippen LogP contribution in [0, 0.1) is 10.1 Å². The first-order valence-corrected chi connectivity index (χ1v) is 12.8. The molecule has 0 aliphatic rings. The SMILES string of the molecule is COc1ccc(S(=O)(=O)N(C)C)cc1/N=N/c1c(O)c(C(=O)Nc2cccc([N+](=O)[O-])c2)cc2ccccc12. The van der Waals surface area contributed by atoms with Gasteiger partial charge in [-0.25, -0.2) is 12.7 Å². The topological polar surface area (TPSA) is 164 Å². The van der Waals surface area contributed by atoms with Gasteiger partial charge in [0.2, 0.25) is 10.0 Å². The van der Waals surface area contributed by atoms with Gasteiger partial charge < -0.3 is 15.2 Å². The number of nitrogens with zero attached hydrogens (tertiary/aromatic N) is 4. The summed E-state index contributed by atoms with van der Waals surface area (Å²) in [5.74, 6) is -0.983. The van der Waals surface area contributed by atoms with Gasteiger partial charge in [0.1, 0.15) is 17.1 Å². The molecular weight excluding hydrogens is 526 g/mol. The molecule has 4 aromatic rings. The minimum absolute atomic E-state index is 0.0404. The van der Waals surface area contributed by atoms with Gasteiger partial charge in [0.15, 0.2) is 5.75 Å². The van der Waals surface area contributed by atoms with Gasteiger partial charge in [-0.3, -0.25) is 14.9 Å². The van der Waals surface area contributed by atoms with E-state index in [4.69, 9.17) is 4.74 Å². The number of carbonyl (C=O) groups is 1. The molecule has 0 saturated carbocycles. The summed E-state index contributed by atoms with van der Waals surface area (Å²) < 4.78 is 31.6. The number of nitro benzene ring substituents is 1. The Balaban J connectivity index is 1.80. The van der Waals surface area contributed by atoms with E-state index in [1.165, 1.54) is 69.7 Å². The highest BCUT2D eigenvalue weighted by atomic mass is 32.2. The van der Waals surface area contributed by atoms with Gasteiger partial charge in [-0.15, -0.1) is 10.2 Å². The molecule has 2 N–H and O–H groups in total. The molecule has 13 heteroatoms. The molecule has 4 aromatic carbocycles. The molecule has 4 rings (SSSR count). The molecule has 0 aromatic heterocycles. The summed E-state index contributed by atoms with van der Waals surface area (Å²) in [5.41, 5.74) is -0.160. The third kappa shape index (κ3) is 5.54. The number of methoxy groups -OCH3 is 1. The Kier molecular flexibility index (Phi) is 7.56. The molecule has 0 atom stereocenters. The molecule has 0 fully saturated rings. The van der Waals surface area contributed by atoms with Crippen molar-refractivity contribution in [2.75, 3.05) is 26.5 Å². The number of non-ortho nitro benzene ring substituents is 1. The average Bonchev–Trinajstić information content (AvgIpc) is 2.92. The van der Waals surface area contributed by atoms with Gasteiger partial charge in [-0.05, 0) is 35.7 Å². The van der Waals surface area contributed by atoms with Crippen LogP contribution in [0.1, 0.15) is 10.4 Å². The Morgan fingerprint density at radius 1 is 1.03 bits per heavy atom. The fourth-order valence-corrected chi connectivity index (χ4v) is 4.63. The number of rotatable bonds is 8. The second kappa shape index (κ2) is 10.8. The molecule has 0 aliphatic carbocycles. The van der Waals surface area contributed by atoms with Crippen LogP contribution in [0.3, 0.4) is 0 Å². The van der Waals surface area contributed by atoms with Crippen molar-refractivity contribution in [3.8, 4) is 11.5 Å². The number of benzene rings is 4. The second-order valence-corrected chi connectivity index (χ2v) is 10.6. The molecule has 0 saturated heterocycles. The molecule has 0 aliphatic heterocycles. The van der Waals surface area contributed by atoms with Crippen molar-refractivity contribution < 1.29 is 28.0 Å². The third-order valence-electron chi connectivity index (χ3n) is 5.74. The lowest BCUT2D eigenvalue weighted by molar-refractivity contribution is -0.384. The lowest BCUT2D eigenvalue weighted by atomic mass is 10.0. The van der Waals surface area contributed by atoms with Crippen molar-refractivity contribution in [3.63, 3.8) is 0 Å². The number of amides is 1. The van der Waals surface area contributed by atoms with Crippen LogP contribution in [0.15, 0.2) is 87.9 Å². The van der Waals surface area contributed by atoms with Gasteiger partial charge in [0.05, 0.1) is 22.5 Å². The summed E-state index contributed by atoms with van der Waals surface area (Å²) in [4.78, 5) is 23.6. The Labute approximate surface area is 223 Å². The normalized spacial score (nSPS) is 11.7. The highest BCUT2D eigenvalue weighted by molar-refractivity contribution is 7.89. The number of nitro groups is 1. The Hall–Kier alpha value is -4.88. The summed E-state index contributed by atoms with van der Waals surface area (Å²) in [6.45, 7) is 0. The zero-order valence-electron chi connectivity index (χ0n) is 21.0. The molecule has 0 unspecified atom stereocenters. The maximum absolute atomic E-state index is 13.1. The molecule has 200 valence electrons. The number of nitrogens with one attached hydrogen (secondary N) is 1. The number of fused-ring (bicyclic) bond motifs is 1. The van der Waals surface area contributed by atoms with Crippen molar-refractivity contribution in [1.29, 1.82) is 0 Å². The van der Waals surface area contributed by atoms with E-state index in [-0.39, 0.29) is 39.0 Å². The molecule has 39 heavy (non-hydrogen) atoms. The first-order valence-electron chi connectivity index (χ1n) is 11.4. The summed E-state index contributed by atoms with van der Waals surface area (Å²) in [6, 6.07) is 17.8. The Bertz CT molecular complexity index is 1740. The fourth-order valence-electron chi connectivity index (χ4n) is 3.71. The summed E-state index contributed by atoms with van der Waals surface area (Å²) in [6.07, 6.45) is 0. The van der Waals surface area contributed by atoms with Crippen molar-refractivity contribution >= 4 is 49.5 Å². The molecule has 0 spiro atoms. The van der Waals surface area contributed by atoms with Gasteiger partial charge >= 0.3 is 0 Å². The zero-order valence-corrected chi connectivity index (χ0v) is 21.8. The minimum Gasteiger partial charge on any atom is -0.505 e. The quantitative estimate of drug-likeness (QED) is 0.169. The molecule has 0 radical (unpaired) electrons. The molecule has 1 amide bonds. The highest BCUT2D eigenvalue weighted by Crippen LogP contribution is 2.41. The predicted octanol–water partition coefficient (Wildman–Crippen LogP) is 5.38. The van der Waals surface area contributed by atoms with Gasteiger partial charge in [0.25, 0.3) is 11.6 Å². The van der Waals surface area contributed by atoms with Crippen molar-refractivity contribution in [1.82, 2.24) is 4.31 Å². The van der Waals surface area contributed by atoms with E-state index in [2.05, 4.69) is 15.5 Å². The third-order valence-corrected chi connectivity index (χ3v) is 7.55. The van der Waals surface area contributed by atoms with E-state index >= 15 is 0 Å². The number of aromatic hydroxyl groups is 1. The number of hydrogen-bond acceptors (Lipinski definition) is 9. The molecule has 0 heterocycles. The van der Waals surface area contributed by atoms with Crippen LogP contribution in [0.4, 0.5) is 22.7 Å². The van der Waals surface area contributed by atoms with Crippen LogP contribution < -0.4 is 10.1 Å². The Morgan fingerprint density at radius 2 is 1.77 bits per heavy atom. The van der Waals surface area contributed by atoms with Gasteiger partial charge in [-0.1, -0.05) is 30.3 Å². The number of phenols is 1. The van der Waals surface area contributed by atoms with Gasteiger partial charge in [0, 0.05) is 37.3 Å². The van der Waals surface area contributed by atoms with E-state index in [0.29, 0.717) is 10.8 Å². The van der Waals surface area contributed by atoms with Crippen molar-refractivity contribution in [2.45, 2.75) is 4.90 Å². The maximum Gasteiger partial charge on any atom is 0.271 e. The van der Waals surface area contributed by atoms with Crippen molar-refractivity contribution in [2.24, 2.45) is 10.2 Å². The van der Waals surface area contributed by atoms with Crippen LogP contribution in [0.25, 0.3) is 10.8 Å². The lowest BCUT2D eigenvalue weighted by Crippen LogP contribution is -2.22. The van der Waals surface area contributed by atoms with Crippen LogP contribution in [0.2, 0.25) is 0 Å². The number of azo groups is 1. The van der Waals surface area contributed by atoms with E-state index in [1.807, 2.05) is 0 Å². The molecule has 12 nitrogen and oxygen atoms in total. The smallest absolute Gasteiger partial charge is 0.271 e.